The second kappa shape index (κ2) is 13.8. The van der Waals surface area contributed by atoms with Gasteiger partial charge in [0.25, 0.3) is 0 Å². The maximum absolute atomic E-state index is 13.1. The van der Waals surface area contributed by atoms with Gasteiger partial charge in [-0.05, 0) is 93.8 Å². The highest BCUT2D eigenvalue weighted by molar-refractivity contribution is 6.38. The van der Waals surface area contributed by atoms with Crippen molar-refractivity contribution in [1.29, 1.82) is 0 Å². The first-order valence-electron chi connectivity index (χ1n) is 14.3. The van der Waals surface area contributed by atoms with Crippen LogP contribution < -0.4 is 0 Å². The molecule has 204 valence electrons. The summed E-state index contributed by atoms with van der Waals surface area (Å²) in [6.45, 7) is 17.0. The van der Waals surface area contributed by atoms with Crippen LogP contribution in [0.5, 0.6) is 0 Å². The number of Topliss-reactive ketones (excluding diaryl/α,β-unsaturated/α-hetero) is 3. The van der Waals surface area contributed by atoms with Gasteiger partial charge in [0.2, 0.25) is 0 Å². The molecule has 3 atom stereocenters. The van der Waals surface area contributed by atoms with E-state index in [1.807, 2.05) is 0 Å². The zero-order valence-electron chi connectivity index (χ0n) is 23.1. The smallest absolute Gasteiger partial charge is 0.376 e. The van der Waals surface area contributed by atoms with Crippen molar-refractivity contribution in [3.05, 3.63) is 36.5 Å². The van der Waals surface area contributed by atoms with Crippen LogP contribution >= 0.6 is 0 Å². The third-order valence-electron chi connectivity index (χ3n) is 8.55. The molecule has 3 saturated carbocycles. The Morgan fingerprint density at radius 1 is 0.541 bits per heavy atom. The molecule has 0 spiro atoms. The lowest BCUT2D eigenvalue weighted by Gasteiger charge is -2.26. The summed E-state index contributed by atoms with van der Waals surface area (Å²) < 4.78 is 17.8. The van der Waals surface area contributed by atoms with Crippen LogP contribution in [0, 0.1) is 17.8 Å². The third kappa shape index (κ3) is 7.84. The fraction of sp³-hybridized carbons (Fsp3) is 0.700. The monoisotopic (exact) mass is 512 g/mol. The average molecular weight is 512 g/mol. The molecule has 0 radical (unpaired) electrons. The van der Waals surface area contributed by atoms with Crippen molar-refractivity contribution in [2.75, 3.05) is 0 Å². The summed E-state index contributed by atoms with van der Waals surface area (Å²) in [5.41, 5.74) is 1.67. The Bertz CT molecular complexity index is 762. The van der Waals surface area contributed by atoms with Gasteiger partial charge in [0.05, 0.1) is 0 Å². The molecule has 0 saturated heterocycles. The normalized spacial score (nSPS) is 21.5. The lowest BCUT2D eigenvalue weighted by Crippen LogP contribution is -2.43. The highest BCUT2D eigenvalue weighted by Crippen LogP contribution is 2.33. The summed E-state index contributed by atoms with van der Waals surface area (Å²) >= 11 is 0. The molecule has 0 aromatic carbocycles. The number of hydrogen-bond acceptors (Lipinski definition) is 6. The van der Waals surface area contributed by atoms with E-state index in [4.69, 9.17) is 14.0 Å². The van der Waals surface area contributed by atoms with Gasteiger partial charge in [-0.2, -0.15) is 0 Å². The van der Waals surface area contributed by atoms with Crippen LogP contribution in [-0.4, -0.2) is 43.0 Å². The fourth-order valence-corrected chi connectivity index (χ4v) is 5.99. The average Bonchev–Trinajstić information content (AvgIpc) is 3.68. The van der Waals surface area contributed by atoms with E-state index in [2.05, 4.69) is 19.7 Å². The minimum atomic E-state index is -1.37. The zero-order chi connectivity index (χ0) is 27.1. The quantitative estimate of drug-likeness (QED) is 0.194. The number of rotatable bonds is 15. The first-order chi connectivity index (χ1) is 17.6. The number of carbonyl (C=O) groups excluding carboxylic acids is 3. The Hall–Kier alpha value is -1.83. The minimum absolute atomic E-state index is 0.171. The largest absolute Gasteiger partial charge is 0.641 e. The summed E-state index contributed by atoms with van der Waals surface area (Å²) in [5, 5.41) is 0. The predicted octanol–water partition coefficient (Wildman–Crippen LogP) is 6.13. The van der Waals surface area contributed by atoms with Gasteiger partial charge in [-0.25, -0.2) is 0 Å². The van der Waals surface area contributed by atoms with Gasteiger partial charge in [-0.3, -0.25) is 14.4 Å². The first-order valence-corrected chi connectivity index (χ1v) is 14.3. The first kappa shape index (κ1) is 29.7. The molecule has 3 fully saturated rings. The molecule has 0 N–H and O–H groups in total. The maximum Gasteiger partial charge on any atom is 0.641 e. The Kier molecular flexibility index (Phi) is 11.1. The van der Waals surface area contributed by atoms with E-state index in [0.717, 1.165) is 77.0 Å². The molecule has 6 nitrogen and oxygen atoms in total. The lowest BCUT2D eigenvalue weighted by atomic mass is 9.92. The highest BCUT2D eigenvalue weighted by atomic mass is 16.7. The minimum Gasteiger partial charge on any atom is -0.376 e. The molecule has 3 aliphatic rings. The van der Waals surface area contributed by atoms with Gasteiger partial charge in [0.15, 0.2) is 17.3 Å². The number of ketones is 3. The highest BCUT2D eigenvalue weighted by Gasteiger charge is 2.38. The molecule has 37 heavy (non-hydrogen) atoms. The molecule has 3 unspecified atom stereocenters. The van der Waals surface area contributed by atoms with Crippen LogP contribution in [0.25, 0.3) is 0 Å². The second-order valence-electron chi connectivity index (χ2n) is 11.2. The van der Waals surface area contributed by atoms with Gasteiger partial charge in [0.1, 0.15) is 18.3 Å². The molecule has 0 heterocycles. The van der Waals surface area contributed by atoms with Crippen molar-refractivity contribution in [3.63, 3.8) is 0 Å². The van der Waals surface area contributed by atoms with Crippen molar-refractivity contribution in [1.82, 2.24) is 0 Å². The van der Waals surface area contributed by atoms with Gasteiger partial charge in [-0.1, -0.05) is 58.3 Å². The number of hydrogen-bond donors (Lipinski definition) is 0. The van der Waals surface area contributed by atoms with Gasteiger partial charge >= 0.3 is 7.32 Å². The van der Waals surface area contributed by atoms with E-state index in [0.29, 0.717) is 16.7 Å². The van der Waals surface area contributed by atoms with E-state index in [9.17, 15) is 14.4 Å². The summed E-state index contributed by atoms with van der Waals surface area (Å²) in [6.07, 6.45) is 9.62. The molecule has 0 aromatic heterocycles. The van der Waals surface area contributed by atoms with Crippen LogP contribution in [0.4, 0.5) is 0 Å². The lowest BCUT2D eigenvalue weighted by molar-refractivity contribution is -0.129. The summed E-state index contributed by atoms with van der Waals surface area (Å²) in [5.74, 6) is -0.0914. The molecule has 0 bridgehead atoms. The van der Waals surface area contributed by atoms with Crippen LogP contribution in [-0.2, 0) is 28.3 Å². The van der Waals surface area contributed by atoms with Gasteiger partial charge < -0.3 is 14.0 Å². The molecule has 3 aliphatic carbocycles. The molecule has 0 aromatic rings. The van der Waals surface area contributed by atoms with Crippen molar-refractivity contribution >= 4 is 24.7 Å². The van der Waals surface area contributed by atoms with E-state index >= 15 is 0 Å². The summed E-state index contributed by atoms with van der Waals surface area (Å²) in [7, 11) is -1.37. The molecule has 7 heteroatoms. The molecule has 0 amide bonds. The second-order valence-corrected chi connectivity index (χ2v) is 11.2. The molecule has 3 rings (SSSR count). The van der Waals surface area contributed by atoms with Crippen molar-refractivity contribution in [3.8, 4) is 0 Å². The molecular weight excluding hydrogens is 467 g/mol. The van der Waals surface area contributed by atoms with Crippen LogP contribution in [0.15, 0.2) is 36.5 Å². The Labute approximate surface area is 223 Å². The van der Waals surface area contributed by atoms with E-state index < -0.39 is 25.6 Å². The van der Waals surface area contributed by atoms with Crippen LogP contribution in [0.1, 0.15) is 97.8 Å². The number of carbonyl (C=O) groups is 3. The van der Waals surface area contributed by atoms with Crippen LogP contribution in [0.2, 0.25) is 0 Å². The maximum atomic E-state index is 13.1. The topological polar surface area (TPSA) is 78.9 Å². The SMILES string of the molecule is C=C(C(=O)C(C)OB(OC(C)C(=O)C(=C)C1CCCC1)OC(C)C(=O)C(=C)C1CCCC1)C1CCCC1. The summed E-state index contributed by atoms with van der Waals surface area (Å²) in [4.78, 5) is 39.2. The van der Waals surface area contributed by atoms with Crippen molar-refractivity contribution in [2.24, 2.45) is 17.8 Å². The zero-order valence-corrected chi connectivity index (χ0v) is 23.1. The van der Waals surface area contributed by atoms with Crippen LogP contribution in [0.3, 0.4) is 0 Å². The van der Waals surface area contributed by atoms with Crippen molar-refractivity contribution < 1.29 is 28.3 Å². The molecule has 0 aliphatic heterocycles. The van der Waals surface area contributed by atoms with E-state index in [-0.39, 0.29) is 35.1 Å². The van der Waals surface area contributed by atoms with E-state index in [1.165, 1.54) is 0 Å². The molecular formula is C30H45BO6. The Balaban J connectivity index is 1.67. The standard InChI is InChI=1S/C30H45BO6/c1-19(25-13-7-8-14-25)28(32)22(4)35-31(36-23(5)29(33)20(2)26-15-9-10-16-26)37-24(6)30(34)21(3)27-17-11-12-18-27/h22-27H,1-3,7-18H2,4-6H3. The predicted molar refractivity (Wildman–Crippen MR) is 146 cm³/mol. The third-order valence-corrected chi connectivity index (χ3v) is 8.55. The van der Waals surface area contributed by atoms with Crippen molar-refractivity contribution in [2.45, 2.75) is 116 Å². The van der Waals surface area contributed by atoms with Gasteiger partial charge in [-0.15, -0.1) is 0 Å². The van der Waals surface area contributed by atoms with E-state index in [1.54, 1.807) is 20.8 Å². The van der Waals surface area contributed by atoms with Gasteiger partial charge in [0, 0.05) is 0 Å². The Morgan fingerprint density at radius 3 is 0.973 bits per heavy atom. The summed E-state index contributed by atoms with van der Waals surface area (Å²) in [6, 6.07) is 0. The fourth-order valence-electron chi connectivity index (χ4n) is 5.99. The Morgan fingerprint density at radius 2 is 0.757 bits per heavy atom.